The standard InChI is InChI=1S/C16H13F3N2O/c17-11-3-1-10(2-4-11)15(8-16(18,19)9-15)14(22)13-6-5-12(20)7-21-13/h1-7H,8-9,20H2. The Kier molecular flexibility index (Phi) is 3.20. The number of nitrogens with two attached hydrogens (primary N) is 1. The Morgan fingerprint density at radius 1 is 1.09 bits per heavy atom. The van der Waals surface area contributed by atoms with Crippen LogP contribution in [0.15, 0.2) is 42.6 Å². The number of nitrogen functional groups attached to an aromatic ring is 1. The molecule has 0 spiro atoms. The van der Waals surface area contributed by atoms with E-state index in [1.54, 1.807) is 0 Å². The molecule has 0 atom stereocenters. The molecule has 0 amide bonds. The summed E-state index contributed by atoms with van der Waals surface area (Å²) in [6.07, 6.45) is 0.107. The van der Waals surface area contributed by atoms with Gasteiger partial charge in [0.2, 0.25) is 0 Å². The first-order chi connectivity index (χ1) is 10.3. The highest BCUT2D eigenvalue weighted by Crippen LogP contribution is 2.54. The number of nitrogens with zero attached hydrogens (tertiary/aromatic N) is 1. The van der Waals surface area contributed by atoms with Crippen molar-refractivity contribution < 1.29 is 18.0 Å². The van der Waals surface area contributed by atoms with E-state index in [0.29, 0.717) is 11.3 Å². The molecule has 0 bridgehead atoms. The second-order valence-corrected chi connectivity index (χ2v) is 5.60. The molecule has 1 aromatic carbocycles. The number of Topliss-reactive ketones (excluding diaryl/α,β-unsaturated/α-hetero) is 1. The molecule has 114 valence electrons. The lowest BCUT2D eigenvalue weighted by Crippen LogP contribution is -2.54. The van der Waals surface area contributed by atoms with Crippen LogP contribution in [-0.2, 0) is 5.41 Å². The Labute approximate surface area is 125 Å². The summed E-state index contributed by atoms with van der Waals surface area (Å²) in [6.45, 7) is 0. The van der Waals surface area contributed by atoms with Gasteiger partial charge < -0.3 is 5.73 Å². The van der Waals surface area contributed by atoms with Crippen LogP contribution in [0.2, 0.25) is 0 Å². The van der Waals surface area contributed by atoms with Crippen LogP contribution < -0.4 is 5.73 Å². The molecule has 1 aliphatic rings. The number of ketones is 1. The topological polar surface area (TPSA) is 56.0 Å². The van der Waals surface area contributed by atoms with Crippen molar-refractivity contribution in [3.05, 3.63) is 59.7 Å². The molecule has 22 heavy (non-hydrogen) atoms. The lowest BCUT2D eigenvalue weighted by atomic mass is 9.59. The number of anilines is 1. The first-order valence-electron chi connectivity index (χ1n) is 6.73. The summed E-state index contributed by atoms with van der Waals surface area (Å²) < 4.78 is 40.0. The fraction of sp³-hybridized carbons (Fsp3) is 0.250. The summed E-state index contributed by atoms with van der Waals surface area (Å²) in [5.74, 6) is -3.88. The normalized spacial score (nSPS) is 18.5. The molecule has 2 N–H and O–H groups in total. The zero-order chi connectivity index (χ0) is 16.0. The molecule has 0 saturated heterocycles. The number of pyridine rings is 1. The molecule has 1 heterocycles. The second-order valence-electron chi connectivity index (χ2n) is 5.60. The van der Waals surface area contributed by atoms with Crippen molar-refractivity contribution in [1.29, 1.82) is 0 Å². The molecule has 3 rings (SSSR count). The average Bonchev–Trinajstić information content (AvgIpc) is 2.45. The Morgan fingerprint density at radius 2 is 1.73 bits per heavy atom. The van der Waals surface area contributed by atoms with Gasteiger partial charge in [-0.2, -0.15) is 0 Å². The van der Waals surface area contributed by atoms with Crippen LogP contribution in [0.1, 0.15) is 28.9 Å². The van der Waals surface area contributed by atoms with Crippen LogP contribution in [-0.4, -0.2) is 16.7 Å². The minimum atomic E-state index is -2.90. The van der Waals surface area contributed by atoms with Crippen LogP contribution in [0.3, 0.4) is 0 Å². The van der Waals surface area contributed by atoms with Crippen molar-refractivity contribution in [2.45, 2.75) is 24.2 Å². The van der Waals surface area contributed by atoms with Gasteiger partial charge >= 0.3 is 0 Å². The summed E-state index contributed by atoms with van der Waals surface area (Å²) in [5.41, 5.74) is 4.99. The van der Waals surface area contributed by atoms with Crippen LogP contribution in [0.4, 0.5) is 18.9 Å². The van der Waals surface area contributed by atoms with E-state index >= 15 is 0 Å². The summed E-state index contributed by atoms with van der Waals surface area (Å²) in [4.78, 5) is 16.6. The maximum atomic E-state index is 13.5. The van der Waals surface area contributed by atoms with E-state index in [1.807, 2.05) is 0 Å². The van der Waals surface area contributed by atoms with Crippen molar-refractivity contribution in [1.82, 2.24) is 4.98 Å². The number of carbonyl (C=O) groups excluding carboxylic acids is 1. The van der Waals surface area contributed by atoms with E-state index in [4.69, 9.17) is 5.73 Å². The van der Waals surface area contributed by atoms with Gasteiger partial charge in [0.25, 0.3) is 5.92 Å². The van der Waals surface area contributed by atoms with Gasteiger partial charge in [-0.25, -0.2) is 13.2 Å². The maximum Gasteiger partial charge on any atom is 0.250 e. The molecule has 1 saturated carbocycles. The summed E-state index contributed by atoms with van der Waals surface area (Å²) >= 11 is 0. The fourth-order valence-corrected chi connectivity index (χ4v) is 2.88. The number of hydrogen-bond acceptors (Lipinski definition) is 3. The second kappa shape index (κ2) is 4.83. The third-order valence-corrected chi connectivity index (χ3v) is 3.97. The van der Waals surface area contributed by atoms with Crippen molar-refractivity contribution in [2.24, 2.45) is 0 Å². The Morgan fingerprint density at radius 3 is 2.23 bits per heavy atom. The minimum Gasteiger partial charge on any atom is -0.397 e. The number of alkyl halides is 2. The quantitative estimate of drug-likeness (QED) is 0.885. The van der Waals surface area contributed by atoms with Gasteiger partial charge in [0.15, 0.2) is 5.78 Å². The highest BCUT2D eigenvalue weighted by Gasteiger charge is 2.61. The number of carbonyl (C=O) groups is 1. The lowest BCUT2D eigenvalue weighted by molar-refractivity contribution is -0.113. The van der Waals surface area contributed by atoms with E-state index in [-0.39, 0.29) is 5.69 Å². The monoisotopic (exact) mass is 306 g/mol. The van der Waals surface area contributed by atoms with E-state index in [9.17, 15) is 18.0 Å². The van der Waals surface area contributed by atoms with E-state index in [1.165, 1.54) is 30.5 Å². The van der Waals surface area contributed by atoms with Gasteiger partial charge in [-0.05, 0) is 29.8 Å². The zero-order valence-corrected chi connectivity index (χ0v) is 11.5. The minimum absolute atomic E-state index is 0.0778. The fourth-order valence-electron chi connectivity index (χ4n) is 2.88. The third kappa shape index (κ3) is 2.34. The van der Waals surface area contributed by atoms with Gasteiger partial charge in [0.05, 0.1) is 17.3 Å². The van der Waals surface area contributed by atoms with E-state index in [0.717, 1.165) is 12.1 Å². The van der Waals surface area contributed by atoms with Gasteiger partial charge in [-0.3, -0.25) is 9.78 Å². The van der Waals surface area contributed by atoms with Crippen molar-refractivity contribution in [3.63, 3.8) is 0 Å². The molecule has 3 nitrogen and oxygen atoms in total. The lowest BCUT2D eigenvalue weighted by Gasteiger charge is -2.46. The van der Waals surface area contributed by atoms with Gasteiger partial charge in [0, 0.05) is 12.8 Å². The summed E-state index contributed by atoms with van der Waals surface area (Å²) in [5, 5.41) is 0. The molecule has 6 heteroatoms. The van der Waals surface area contributed by atoms with Gasteiger partial charge in [-0.1, -0.05) is 12.1 Å². The van der Waals surface area contributed by atoms with Crippen LogP contribution in [0, 0.1) is 5.82 Å². The Balaban J connectivity index is 2.02. The molecule has 0 aliphatic heterocycles. The van der Waals surface area contributed by atoms with E-state index < -0.39 is 35.8 Å². The van der Waals surface area contributed by atoms with Gasteiger partial charge in [-0.15, -0.1) is 0 Å². The first kappa shape index (κ1) is 14.6. The predicted octanol–water partition coefficient (Wildman–Crippen LogP) is 3.35. The molecular formula is C16H13F3N2O. The predicted molar refractivity (Wildman–Crippen MR) is 75.2 cm³/mol. The van der Waals surface area contributed by atoms with Crippen molar-refractivity contribution >= 4 is 11.5 Å². The molecular weight excluding hydrogens is 293 g/mol. The van der Waals surface area contributed by atoms with E-state index in [2.05, 4.69) is 4.98 Å². The number of benzene rings is 1. The number of aromatic nitrogens is 1. The maximum absolute atomic E-state index is 13.5. The van der Waals surface area contributed by atoms with Crippen LogP contribution >= 0.6 is 0 Å². The molecule has 1 fully saturated rings. The highest BCUT2D eigenvalue weighted by molar-refractivity contribution is 6.03. The largest absolute Gasteiger partial charge is 0.397 e. The third-order valence-electron chi connectivity index (χ3n) is 3.97. The Bertz CT molecular complexity index is 703. The van der Waals surface area contributed by atoms with Crippen LogP contribution in [0.25, 0.3) is 0 Å². The number of hydrogen-bond donors (Lipinski definition) is 1. The first-order valence-corrected chi connectivity index (χ1v) is 6.73. The smallest absolute Gasteiger partial charge is 0.250 e. The molecule has 1 aliphatic carbocycles. The molecule has 0 unspecified atom stereocenters. The summed E-state index contributed by atoms with van der Waals surface area (Å²) in [6, 6.07) is 7.99. The summed E-state index contributed by atoms with van der Waals surface area (Å²) in [7, 11) is 0. The molecule has 2 aromatic rings. The highest BCUT2D eigenvalue weighted by atomic mass is 19.3. The average molecular weight is 306 g/mol. The van der Waals surface area contributed by atoms with Gasteiger partial charge in [0.1, 0.15) is 11.5 Å². The number of rotatable bonds is 3. The Hall–Kier alpha value is -2.37. The SMILES string of the molecule is Nc1ccc(C(=O)C2(c3ccc(F)cc3)CC(F)(F)C2)nc1. The zero-order valence-electron chi connectivity index (χ0n) is 11.5. The van der Waals surface area contributed by atoms with Crippen LogP contribution in [0.5, 0.6) is 0 Å². The molecule has 0 radical (unpaired) electrons. The number of halogens is 3. The van der Waals surface area contributed by atoms with Crippen molar-refractivity contribution in [3.8, 4) is 0 Å². The van der Waals surface area contributed by atoms with Crippen molar-refractivity contribution in [2.75, 3.05) is 5.73 Å². The molecule has 1 aromatic heterocycles.